The third-order valence-corrected chi connectivity index (χ3v) is 3.37. The van der Waals surface area contributed by atoms with Crippen molar-refractivity contribution in [2.45, 2.75) is 59.3 Å². The van der Waals surface area contributed by atoms with Gasteiger partial charge in [-0.05, 0) is 19.3 Å². The van der Waals surface area contributed by atoms with Crippen LogP contribution in [-0.4, -0.2) is 66.8 Å². The lowest BCUT2D eigenvalue weighted by Gasteiger charge is -2.15. The van der Waals surface area contributed by atoms with Crippen molar-refractivity contribution in [3.05, 3.63) is 0 Å². The lowest BCUT2D eigenvalue weighted by Crippen LogP contribution is -2.31. The van der Waals surface area contributed by atoms with Crippen molar-refractivity contribution in [2.75, 3.05) is 59.5 Å². The molecule has 0 radical (unpaired) electrons. The molecule has 0 N–H and O–H groups in total. The molecule has 0 bridgehead atoms. The molecule has 0 rings (SSSR count). The molecule has 0 saturated carbocycles. The zero-order valence-electron chi connectivity index (χ0n) is 16.6. The van der Waals surface area contributed by atoms with E-state index in [4.69, 9.17) is 28.2 Å². The molecule has 0 aromatic heterocycles. The number of unbranched alkanes of at least 4 members (excludes halogenated alkanes) is 3. The van der Waals surface area contributed by atoms with Crippen molar-refractivity contribution < 1.29 is 28.2 Å². The highest BCUT2D eigenvalue weighted by molar-refractivity contribution is 6.36. The van der Waals surface area contributed by atoms with E-state index >= 15 is 0 Å². The van der Waals surface area contributed by atoms with Crippen LogP contribution in [0.3, 0.4) is 0 Å². The highest BCUT2D eigenvalue weighted by Crippen LogP contribution is 1.97. The SMILES string of the molecule is CCCCOCCOB(OCCOCCCC)OCCOCCCC. The van der Waals surface area contributed by atoms with Gasteiger partial charge in [0.15, 0.2) is 0 Å². The standard InChI is InChI=1S/C18H39BO6/c1-4-7-10-20-13-16-23-19(24-17-14-21-11-8-5-2)25-18-15-22-12-9-6-3/h4-18H2,1-3H3. The van der Waals surface area contributed by atoms with Gasteiger partial charge in [0.2, 0.25) is 0 Å². The van der Waals surface area contributed by atoms with E-state index in [2.05, 4.69) is 20.8 Å². The van der Waals surface area contributed by atoms with Crippen LogP contribution in [0.1, 0.15) is 59.3 Å². The first-order valence-electron chi connectivity index (χ1n) is 9.93. The van der Waals surface area contributed by atoms with Crippen LogP contribution >= 0.6 is 0 Å². The first-order valence-corrected chi connectivity index (χ1v) is 9.93. The summed E-state index contributed by atoms with van der Waals surface area (Å²) < 4.78 is 33.2. The van der Waals surface area contributed by atoms with E-state index in [1.807, 2.05) is 0 Å². The lowest BCUT2D eigenvalue weighted by molar-refractivity contribution is 0.0194. The molecule has 0 unspecified atom stereocenters. The Morgan fingerprint density at radius 1 is 0.440 bits per heavy atom. The van der Waals surface area contributed by atoms with Gasteiger partial charge in [-0.1, -0.05) is 40.0 Å². The number of hydrogen-bond acceptors (Lipinski definition) is 6. The molecule has 150 valence electrons. The summed E-state index contributed by atoms with van der Waals surface area (Å²) in [5.74, 6) is 0. The van der Waals surface area contributed by atoms with E-state index in [-0.39, 0.29) is 0 Å². The third kappa shape index (κ3) is 20.0. The zero-order valence-corrected chi connectivity index (χ0v) is 16.6. The molecule has 0 aliphatic heterocycles. The maximum atomic E-state index is 5.60. The van der Waals surface area contributed by atoms with Gasteiger partial charge >= 0.3 is 7.32 Å². The van der Waals surface area contributed by atoms with Gasteiger partial charge in [0, 0.05) is 19.8 Å². The summed E-state index contributed by atoms with van der Waals surface area (Å²) in [6, 6.07) is 0. The smallest absolute Gasteiger partial charge is 0.383 e. The average Bonchev–Trinajstić information content (AvgIpc) is 2.63. The number of hydrogen-bond donors (Lipinski definition) is 0. The molecule has 0 spiro atoms. The summed E-state index contributed by atoms with van der Waals surface area (Å²) in [5.41, 5.74) is 0. The Kier molecular flexibility index (Phi) is 21.7. The summed E-state index contributed by atoms with van der Waals surface area (Å²) in [6.07, 6.45) is 6.60. The summed E-state index contributed by atoms with van der Waals surface area (Å²) >= 11 is 0. The fraction of sp³-hybridized carbons (Fsp3) is 1.00. The molecule has 0 heterocycles. The second-order valence-corrected chi connectivity index (χ2v) is 5.80. The fourth-order valence-corrected chi connectivity index (χ4v) is 1.80. The van der Waals surface area contributed by atoms with Gasteiger partial charge in [-0.3, -0.25) is 0 Å². The summed E-state index contributed by atoms with van der Waals surface area (Å²) in [6.45, 7) is 11.7. The average molecular weight is 362 g/mol. The summed E-state index contributed by atoms with van der Waals surface area (Å²) in [7, 11) is -0.695. The molecule has 0 aliphatic carbocycles. The van der Waals surface area contributed by atoms with Gasteiger partial charge in [-0.2, -0.15) is 0 Å². The molecule has 0 amide bonds. The van der Waals surface area contributed by atoms with Crippen LogP contribution in [0.4, 0.5) is 0 Å². The van der Waals surface area contributed by atoms with Crippen LogP contribution in [-0.2, 0) is 28.2 Å². The molecule has 0 atom stereocenters. The van der Waals surface area contributed by atoms with Gasteiger partial charge in [0.1, 0.15) is 0 Å². The minimum Gasteiger partial charge on any atom is -0.383 e. The Labute approximate surface area is 155 Å². The molecule has 7 heteroatoms. The Morgan fingerprint density at radius 3 is 1.04 bits per heavy atom. The topological polar surface area (TPSA) is 55.4 Å². The van der Waals surface area contributed by atoms with Gasteiger partial charge in [0.05, 0.1) is 39.6 Å². The predicted octanol–water partition coefficient (Wildman–Crippen LogP) is 3.47. The van der Waals surface area contributed by atoms with E-state index in [1.165, 1.54) is 0 Å². The quantitative estimate of drug-likeness (QED) is 0.230. The predicted molar refractivity (Wildman–Crippen MR) is 101 cm³/mol. The van der Waals surface area contributed by atoms with Crippen molar-refractivity contribution in [3.8, 4) is 0 Å². The first kappa shape index (κ1) is 24.8. The maximum absolute atomic E-state index is 5.60. The Hall–Kier alpha value is -0.175. The van der Waals surface area contributed by atoms with Crippen LogP contribution in [0.2, 0.25) is 0 Å². The van der Waals surface area contributed by atoms with Crippen molar-refractivity contribution in [1.82, 2.24) is 0 Å². The van der Waals surface area contributed by atoms with Crippen LogP contribution in [0, 0.1) is 0 Å². The van der Waals surface area contributed by atoms with E-state index in [0.29, 0.717) is 39.6 Å². The summed E-state index contributed by atoms with van der Waals surface area (Å²) in [5, 5.41) is 0. The maximum Gasteiger partial charge on any atom is 0.639 e. The first-order chi connectivity index (χ1) is 12.3. The minimum absolute atomic E-state index is 0.446. The minimum atomic E-state index is -0.695. The van der Waals surface area contributed by atoms with E-state index in [0.717, 1.165) is 58.3 Å². The molecular formula is C18H39BO6. The molecule has 0 saturated heterocycles. The molecule has 0 fully saturated rings. The highest BCUT2D eigenvalue weighted by Gasteiger charge is 2.21. The number of rotatable bonds is 21. The van der Waals surface area contributed by atoms with Gasteiger partial charge < -0.3 is 28.2 Å². The molecule has 0 aromatic rings. The second kappa shape index (κ2) is 21.9. The molecular weight excluding hydrogens is 323 g/mol. The van der Waals surface area contributed by atoms with Crippen molar-refractivity contribution in [2.24, 2.45) is 0 Å². The van der Waals surface area contributed by atoms with Gasteiger partial charge in [-0.25, -0.2) is 0 Å². The Balaban J connectivity index is 3.76. The van der Waals surface area contributed by atoms with E-state index in [9.17, 15) is 0 Å². The van der Waals surface area contributed by atoms with Crippen molar-refractivity contribution in [3.63, 3.8) is 0 Å². The van der Waals surface area contributed by atoms with Crippen LogP contribution in [0.5, 0.6) is 0 Å². The zero-order chi connectivity index (χ0) is 18.4. The Morgan fingerprint density at radius 2 is 0.760 bits per heavy atom. The van der Waals surface area contributed by atoms with Gasteiger partial charge in [-0.15, -0.1) is 0 Å². The van der Waals surface area contributed by atoms with Crippen LogP contribution in [0.15, 0.2) is 0 Å². The normalized spacial score (nSPS) is 11.2. The second-order valence-electron chi connectivity index (χ2n) is 5.80. The lowest BCUT2D eigenvalue weighted by atomic mass is 10.2. The monoisotopic (exact) mass is 362 g/mol. The van der Waals surface area contributed by atoms with Crippen LogP contribution < -0.4 is 0 Å². The van der Waals surface area contributed by atoms with E-state index < -0.39 is 7.32 Å². The van der Waals surface area contributed by atoms with E-state index in [1.54, 1.807) is 0 Å². The van der Waals surface area contributed by atoms with Crippen molar-refractivity contribution >= 4 is 7.32 Å². The van der Waals surface area contributed by atoms with Crippen LogP contribution in [0.25, 0.3) is 0 Å². The van der Waals surface area contributed by atoms with Crippen molar-refractivity contribution in [1.29, 1.82) is 0 Å². The Bertz CT molecular complexity index is 208. The van der Waals surface area contributed by atoms with Gasteiger partial charge in [0.25, 0.3) is 0 Å². The third-order valence-electron chi connectivity index (χ3n) is 3.37. The fourth-order valence-electron chi connectivity index (χ4n) is 1.80. The molecule has 0 aliphatic rings. The largest absolute Gasteiger partial charge is 0.639 e. The number of ether oxygens (including phenoxy) is 3. The highest BCUT2D eigenvalue weighted by atomic mass is 16.7. The molecule has 6 nitrogen and oxygen atoms in total. The summed E-state index contributed by atoms with van der Waals surface area (Å²) in [4.78, 5) is 0. The molecule has 25 heavy (non-hydrogen) atoms. The molecule has 0 aromatic carbocycles.